The molecule has 0 spiro atoms. The smallest absolute Gasteiger partial charge is 0.414 e. The molecule has 114 valence electrons. The molecular formula is C16H22N2O3. The van der Waals surface area contributed by atoms with Crippen LogP contribution in [0.3, 0.4) is 0 Å². The molecule has 21 heavy (non-hydrogen) atoms. The van der Waals surface area contributed by atoms with Gasteiger partial charge in [-0.3, -0.25) is 4.90 Å². The van der Waals surface area contributed by atoms with Crippen molar-refractivity contribution in [2.45, 2.75) is 44.9 Å². The zero-order valence-electron chi connectivity index (χ0n) is 12.5. The van der Waals surface area contributed by atoms with E-state index in [0.717, 1.165) is 24.2 Å². The first-order chi connectivity index (χ1) is 10.1. The van der Waals surface area contributed by atoms with E-state index >= 15 is 0 Å². The summed E-state index contributed by atoms with van der Waals surface area (Å²) in [5.74, 6) is 0. The molecule has 0 aliphatic carbocycles. The lowest BCUT2D eigenvalue weighted by molar-refractivity contribution is -0.0337. The summed E-state index contributed by atoms with van der Waals surface area (Å²) in [6, 6.07) is 8.36. The van der Waals surface area contributed by atoms with Crippen molar-refractivity contribution < 1.29 is 14.3 Å². The number of cyclic esters (lactones) is 1. The number of hydrogen-bond donors (Lipinski definition) is 1. The Morgan fingerprint density at radius 3 is 2.67 bits per heavy atom. The van der Waals surface area contributed by atoms with E-state index in [0.29, 0.717) is 19.2 Å². The van der Waals surface area contributed by atoms with Crippen LogP contribution in [0, 0.1) is 0 Å². The third-order valence-corrected chi connectivity index (χ3v) is 3.99. The number of nitrogens with one attached hydrogen (secondary N) is 1. The zero-order valence-corrected chi connectivity index (χ0v) is 12.5. The molecule has 2 aliphatic rings. The van der Waals surface area contributed by atoms with Gasteiger partial charge in [0.15, 0.2) is 0 Å². The Morgan fingerprint density at radius 2 is 2.00 bits per heavy atom. The van der Waals surface area contributed by atoms with E-state index in [2.05, 4.69) is 19.2 Å². The van der Waals surface area contributed by atoms with Gasteiger partial charge in [-0.2, -0.15) is 0 Å². The van der Waals surface area contributed by atoms with Crippen molar-refractivity contribution in [3.8, 4) is 0 Å². The first-order valence-corrected chi connectivity index (χ1v) is 7.58. The predicted octanol–water partition coefficient (Wildman–Crippen LogP) is 3.01. The fraction of sp³-hybridized carbons (Fsp3) is 0.562. The van der Waals surface area contributed by atoms with Gasteiger partial charge in [0.2, 0.25) is 0 Å². The highest BCUT2D eigenvalue weighted by atomic mass is 16.6. The number of carbonyl (C=O) groups is 1. The second-order valence-corrected chi connectivity index (χ2v) is 5.89. The molecule has 0 bridgehead atoms. The van der Waals surface area contributed by atoms with Gasteiger partial charge in [0.05, 0.1) is 18.8 Å². The lowest BCUT2D eigenvalue weighted by Crippen LogP contribution is -2.36. The molecule has 0 saturated carbocycles. The summed E-state index contributed by atoms with van der Waals surface area (Å²) >= 11 is 0. The number of nitrogens with zero attached hydrogens (tertiary/aromatic N) is 1. The van der Waals surface area contributed by atoms with Crippen molar-refractivity contribution in [3.05, 3.63) is 24.3 Å². The summed E-state index contributed by atoms with van der Waals surface area (Å²) < 4.78 is 10.8. The summed E-state index contributed by atoms with van der Waals surface area (Å²) in [6.07, 6.45) is 2.30. The SMILES string of the molecule is CC1CC(Nc2cccc(N3CCOC3=O)c2)CC(C)O1. The molecule has 1 amide bonds. The Balaban J connectivity index is 1.70. The Kier molecular flexibility index (Phi) is 4.01. The van der Waals surface area contributed by atoms with Gasteiger partial charge in [-0.1, -0.05) is 6.07 Å². The van der Waals surface area contributed by atoms with E-state index < -0.39 is 0 Å². The van der Waals surface area contributed by atoms with Crippen LogP contribution in [0.5, 0.6) is 0 Å². The largest absolute Gasteiger partial charge is 0.447 e. The van der Waals surface area contributed by atoms with Crippen molar-refractivity contribution in [3.63, 3.8) is 0 Å². The fourth-order valence-corrected chi connectivity index (χ4v) is 3.15. The quantitative estimate of drug-likeness (QED) is 0.929. The van der Waals surface area contributed by atoms with Crippen LogP contribution in [0.1, 0.15) is 26.7 Å². The topological polar surface area (TPSA) is 50.8 Å². The second-order valence-electron chi connectivity index (χ2n) is 5.89. The van der Waals surface area contributed by atoms with Crippen LogP contribution in [0.25, 0.3) is 0 Å². The monoisotopic (exact) mass is 290 g/mol. The number of carbonyl (C=O) groups excluding carboxylic acids is 1. The van der Waals surface area contributed by atoms with Crippen LogP contribution in [-0.2, 0) is 9.47 Å². The van der Waals surface area contributed by atoms with Gasteiger partial charge in [0, 0.05) is 17.4 Å². The van der Waals surface area contributed by atoms with Crippen molar-refractivity contribution in [1.29, 1.82) is 0 Å². The molecule has 5 heteroatoms. The van der Waals surface area contributed by atoms with Crippen LogP contribution < -0.4 is 10.2 Å². The lowest BCUT2D eigenvalue weighted by Gasteiger charge is -2.33. The van der Waals surface area contributed by atoms with Crippen molar-refractivity contribution >= 4 is 17.5 Å². The van der Waals surface area contributed by atoms with E-state index in [1.165, 1.54) is 0 Å². The van der Waals surface area contributed by atoms with E-state index in [1.807, 2.05) is 24.3 Å². The first kappa shape index (κ1) is 14.2. The number of amides is 1. The molecule has 3 rings (SSSR count). The molecule has 1 N–H and O–H groups in total. The van der Waals surface area contributed by atoms with Crippen molar-refractivity contribution in [2.24, 2.45) is 0 Å². The van der Waals surface area contributed by atoms with Crippen LogP contribution in [0.15, 0.2) is 24.3 Å². The third kappa shape index (κ3) is 3.29. The molecule has 2 fully saturated rings. The standard InChI is InChI=1S/C16H22N2O3/c1-11-8-14(9-12(2)21-11)17-13-4-3-5-15(10-13)18-6-7-20-16(18)19/h3-5,10-12,14,17H,6-9H2,1-2H3. The lowest BCUT2D eigenvalue weighted by atomic mass is 9.99. The first-order valence-electron chi connectivity index (χ1n) is 7.58. The van der Waals surface area contributed by atoms with Gasteiger partial charge >= 0.3 is 6.09 Å². The van der Waals surface area contributed by atoms with E-state index in [-0.39, 0.29) is 18.3 Å². The molecule has 1 aromatic rings. The molecule has 2 saturated heterocycles. The van der Waals surface area contributed by atoms with E-state index in [9.17, 15) is 4.79 Å². The predicted molar refractivity (Wildman–Crippen MR) is 81.8 cm³/mol. The average molecular weight is 290 g/mol. The highest BCUT2D eigenvalue weighted by Gasteiger charge is 2.26. The highest BCUT2D eigenvalue weighted by Crippen LogP contribution is 2.26. The van der Waals surface area contributed by atoms with Gasteiger partial charge in [-0.05, 0) is 44.9 Å². The number of hydrogen-bond acceptors (Lipinski definition) is 4. The molecule has 2 atom stereocenters. The van der Waals surface area contributed by atoms with Crippen LogP contribution >= 0.6 is 0 Å². The number of anilines is 2. The highest BCUT2D eigenvalue weighted by molar-refractivity contribution is 5.89. The molecular weight excluding hydrogens is 268 g/mol. The summed E-state index contributed by atoms with van der Waals surface area (Å²) in [4.78, 5) is 13.3. The van der Waals surface area contributed by atoms with Crippen LogP contribution in [-0.4, -0.2) is 37.5 Å². The maximum Gasteiger partial charge on any atom is 0.414 e. The Labute approximate surface area is 125 Å². The summed E-state index contributed by atoms with van der Waals surface area (Å²) in [5, 5.41) is 3.56. The number of rotatable bonds is 3. The molecule has 0 aromatic heterocycles. The minimum atomic E-state index is -0.263. The molecule has 2 unspecified atom stereocenters. The summed E-state index contributed by atoms with van der Waals surface area (Å²) in [5.41, 5.74) is 1.93. The summed E-state index contributed by atoms with van der Waals surface area (Å²) in [6.45, 7) is 5.31. The molecule has 5 nitrogen and oxygen atoms in total. The van der Waals surface area contributed by atoms with Crippen molar-refractivity contribution in [1.82, 2.24) is 0 Å². The van der Waals surface area contributed by atoms with Gasteiger partial charge in [-0.25, -0.2) is 4.79 Å². The summed E-state index contributed by atoms with van der Waals surface area (Å²) in [7, 11) is 0. The van der Waals surface area contributed by atoms with Crippen molar-refractivity contribution in [2.75, 3.05) is 23.4 Å². The molecule has 2 aliphatic heterocycles. The van der Waals surface area contributed by atoms with E-state index in [4.69, 9.17) is 9.47 Å². The normalized spacial score (nSPS) is 29.3. The minimum Gasteiger partial charge on any atom is -0.447 e. The van der Waals surface area contributed by atoms with Gasteiger partial charge in [0.1, 0.15) is 6.61 Å². The molecule has 2 heterocycles. The molecule has 1 aromatic carbocycles. The fourth-order valence-electron chi connectivity index (χ4n) is 3.15. The maximum absolute atomic E-state index is 11.6. The van der Waals surface area contributed by atoms with Gasteiger partial charge in [0.25, 0.3) is 0 Å². The third-order valence-electron chi connectivity index (χ3n) is 3.99. The Bertz CT molecular complexity index is 510. The van der Waals surface area contributed by atoms with Crippen LogP contribution in [0.2, 0.25) is 0 Å². The van der Waals surface area contributed by atoms with Crippen LogP contribution in [0.4, 0.5) is 16.2 Å². The van der Waals surface area contributed by atoms with Gasteiger partial charge < -0.3 is 14.8 Å². The van der Waals surface area contributed by atoms with E-state index in [1.54, 1.807) is 4.90 Å². The average Bonchev–Trinajstić information content (AvgIpc) is 2.84. The number of ether oxygens (including phenoxy) is 2. The Morgan fingerprint density at radius 1 is 1.24 bits per heavy atom. The maximum atomic E-state index is 11.6. The Hall–Kier alpha value is -1.75. The molecule has 0 radical (unpaired) electrons. The second kappa shape index (κ2) is 5.93. The van der Waals surface area contributed by atoms with Gasteiger partial charge in [-0.15, -0.1) is 0 Å². The number of benzene rings is 1. The zero-order chi connectivity index (χ0) is 14.8. The minimum absolute atomic E-state index is 0.263.